The maximum absolute atomic E-state index is 13.8. The van der Waals surface area contributed by atoms with E-state index in [0.717, 1.165) is 11.1 Å². The number of rotatable bonds is 2. The molecule has 0 fully saturated rings. The Morgan fingerprint density at radius 2 is 1.95 bits per heavy atom. The van der Waals surface area contributed by atoms with Crippen molar-refractivity contribution >= 4 is 23.0 Å². The van der Waals surface area contributed by atoms with Crippen LogP contribution in [0.1, 0.15) is 16.7 Å². The topological polar surface area (TPSA) is 35.8 Å². The number of hydrogen-bond acceptors (Lipinski definition) is 2. The van der Waals surface area contributed by atoms with Gasteiger partial charge < -0.3 is 5.32 Å². The van der Waals surface area contributed by atoms with E-state index in [9.17, 15) is 4.39 Å². The lowest BCUT2D eigenvalue weighted by Gasteiger charge is -2.13. The molecule has 0 heterocycles. The largest absolute Gasteiger partial charge is 0.352 e. The third-order valence-corrected chi connectivity index (χ3v) is 3.09. The summed E-state index contributed by atoms with van der Waals surface area (Å²) in [5.41, 5.74) is 3.25. The van der Waals surface area contributed by atoms with Gasteiger partial charge in [0.1, 0.15) is 5.82 Å². The molecule has 0 atom stereocenters. The maximum Gasteiger partial charge on any atom is 0.147 e. The van der Waals surface area contributed by atoms with Crippen molar-refractivity contribution in [3.05, 3.63) is 57.9 Å². The normalized spacial score (nSPS) is 10.1. The maximum atomic E-state index is 13.8. The van der Waals surface area contributed by atoms with Gasteiger partial charge in [0.25, 0.3) is 0 Å². The zero-order valence-electron chi connectivity index (χ0n) is 10.6. The van der Waals surface area contributed by atoms with Crippen LogP contribution in [-0.4, -0.2) is 0 Å². The van der Waals surface area contributed by atoms with Gasteiger partial charge in [-0.1, -0.05) is 17.7 Å². The van der Waals surface area contributed by atoms with Crippen molar-refractivity contribution in [2.24, 2.45) is 0 Å². The molecule has 0 aromatic heterocycles. The molecule has 0 aliphatic heterocycles. The zero-order valence-corrected chi connectivity index (χ0v) is 11.3. The van der Waals surface area contributed by atoms with Gasteiger partial charge in [0.05, 0.1) is 28.0 Å². The number of anilines is 2. The van der Waals surface area contributed by atoms with Crippen molar-refractivity contribution in [1.82, 2.24) is 0 Å². The van der Waals surface area contributed by atoms with Gasteiger partial charge in [-0.3, -0.25) is 0 Å². The second kappa shape index (κ2) is 5.29. The molecule has 2 rings (SSSR count). The zero-order chi connectivity index (χ0) is 14.0. The van der Waals surface area contributed by atoms with Gasteiger partial charge in [-0.15, -0.1) is 0 Å². The second-order valence-corrected chi connectivity index (χ2v) is 4.78. The van der Waals surface area contributed by atoms with Crippen LogP contribution in [0.2, 0.25) is 5.02 Å². The summed E-state index contributed by atoms with van der Waals surface area (Å²) in [6.45, 7) is 3.85. The highest BCUT2D eigenvalue weighted by atomic mass is 35.5. The van der Waals surface area contributed by atoms with Crippen LogP contribution in [0, 0.1) is 31.0 Å². The highest BCUT2D eigenvalue weighted by molar-refractivity contribution is 6.33. The van der Waals surface area contributed by atoms with E-state index in [4.69, 9.17) is 16.9 Å². The first-order chi connectivity index (χ1) is 9.01. The molecular formula is C15H12ClFN2. The van der Waals surface area contributed by atoms with E-state index < -0.39 is 5.82 Å². The minimum Gasteiger partial charge on any atom is -0.352 e. The van der Waals surface area contributed by atoms with Crippen molar-refractivity contribution in [2.75, 3.05) is 5.32 Å². The van der Waals surface area contributed by atoms with Crippen LogP contribution in [0.4, 0.5) is 15.8 Å². The molecule has 4 heteroatoms. The van der Waals surface area contributed by atoms with E-state index in [2.05, 4.69) is 5.32 Å². The Morgan fingerprint density at radius 1 is 1.21 bits per heavy atom. The van der Waals surface area contributed by atoms with Crippen LogP contribution in [0.25, 0.3) is 0 Å². The van der Waals surface area contributed by atoms with E-state index in [0.29, 0.717) is 16.4 Å². The fourth-order valence-corrected chi connectivity index (χ4v) is 2.26. The van der Waals surface area contributed by atoms with Crippen molar-refractivity contribution in [3.8, 4) is 6.07 Å². The molecule has 0 spiro atoms. The summed E-state index contributed by atoms with van der Waals surface area (Å²) in [7, 11) is 0. The highest BCUT2D eigenvalue weighted by Gasteiger charge is 2.09. The fourth-order valence-electron chi connectivity index (χ4n) is 1.89. The van der Waals surface area contributed by atoms with Gasteiger partial charge >= 0.3 is 0 Å². The van der Waals surface area contributed by atoms with Crippen molar-refractivity contribution in [1.29, 1.82) is 5.26 Å². The van der Waals surface area contributed by atoms with Crippen LogP contribution in [0.3, 0.4) is 0 Å². The standard InChI is InChI=1S/C15H12ClFN2/c1-9-5-10(2)15(12(16)6-9)19-14-4-3-11(8-18)7-13(14)17/h3-7,19H,1-2H3. The van der Waals surface area contributed by atoms with Crippen molar-refractivity contribution < 1.29 is 4.39 Å². The summed E-state index contributed by atoms with van der Waals surface area (Å²) in [5, 5.41) is 12.2. The third kappa shape index (κ3) is 2.86. The van der Waals surface area contributed by atoms with Gasteiger partial charge in [-0.25, -0.2) is 4.39 Å². The Hall–Kier alpha value is -2.05. The Bertz CT molecular complexity index is 651. The quantitative estimate of drug-likeness (QED) is 0.861. The number of aryl methyl sites for hydroxylation is 2. The predicted octanol–water partition coefficient (Wildman–Crippen LogP) is 4.71. The number of nitriles is 1. The fraction of sp³-hybridized carbons (Fsp3) is 0.133. The Balaban J connectivity index is 2.40. The SMILES string of the molecule is Cc1cc(C)c(Nc2ccc(C#N)cc2F)c(Cl)c1. The summed E-state index contributed by atoms with van der Waals surface area (Å²) in [4.78, 5) is 0. The van der Waals surface area contributed by atoms with Crippen molar-refractivity contribution in [2.45, 2.75) is 13.8 Å². The summed E-state index contributed by atoms with van der Waals surface area (Å²) in [6.07, 6.45) is 0. The van der Waals surface area contributed by atoms with Crippen LogP contribution in [0.5, 0.6) is 0 Å². The van der Waals surface area contributed by atoms with Crippen LogP contribution >= 0.6 is 11.6 Å². The Labute approximate surface area is 116 Å². The van der Waals surface area contributed by atoms with E-state index >= 15 is 0 Å². The van der Waals surface area contributed by atoms with E-state index in [1.54, 1.807) is 6.07 Å². The number of nitrogens with one attached hydrogen (secondary N) is 1. The van der Waals surface area contributed by atoms with E-state index in [1.807, 2.05) is 32.0 Å². The van der Waals surface area contributed by atoms with E-state index in [1.165, 1.54) is 12.1 Å². The van der Waals surface area contributed by atoms with Gasteiger partial charge in [-0.05, 0) is 49.2 Å². The lowest BCUT2D eigenvalue weighted by molar-refractivity contribution is 0.631. The van der Waals surface area contributed by atoms with Gasteiger partial charge in [0.15, 0.2) is 0 Å². The molecule has 0 aliphatic rings. The average molecular weight is 275 g/mol. The molecule has 19 heavy (non-hydrogen) atoms. The highest BCUT2D eigenvalue weighted by Crippen LogP contribution is 2.31. The molecule has 0 unspecified atom stereocenters. The minimum atomic E-state index is -0.477. The Morgan fingerprint density at radius 3 is 2.53 bits per heavy atom. The molecule has 96 valence electrons. The smallest absolute Gasteiger partial charge is 0.147 e. The summed E-state index contributed by atoms with van der Waals surface area (Å²) in [5.74, 6) is -0.477. The summed E-state index contributed by atoms with van der Waals surface area (Å²) < 4.78 is 13.8. The molecule has 0 amide bonds. The number of hydrogen-bond donors (Lipinski definition) is 1. The molecule has 0 radical (unpaired) electrons. The first kappa shape index (κ1) is 13.4. The van der Waals surface area contributed by atoms with Gasteiger partial charge in [0, 0.05) is 0 Å². The molecule has 2 aromatic carbocycles. The van der Waals surface area contributed by atoms with Crippen LogP contribution in [-0.2, 0) is 0 Å². The number of benzene rings is 2. The molecule has 1 N–H and O–H groups in total. The second-order valence-electron chi connectivity index (χ2n) is 4.37. The van der Waals surface area contributed by atoms with Gasteiger partial charge in [-0.2, -0.15) is 5.26 Å². The lowest BCUT2D eigenvalue weighted by Crippen LogP contribution is -1.98. The van der Waals surface area contributed by atoms with Gasteiger partial charge in [0.2, 0.25) is 0 Å². The van der Waals surface area contributed by atoms with E-state index in [-0.39, 0.29) is 5.56 Å². The first-order valence-electron chi connectivity index (χ1n) is 5.74. The first-order valence-corrected chi connectivity index (χ1v) is 6.12. The monoisotopic (exact) mass is 274 g/mol. The number of halogens is 2. The lowest BCUT2D eigenvalue weighted by atomic mass is 10.1. The van der Waals surface area contributed by atoms with Crippen LogP contribution in [0.15, 0.2) is 30.3 Å². The average Bonchev–Trinajstić information content (AvgIpc) is 2.35. The predicted molar refractivity (Wildman–Crippen MR) is 75.3 cm³/mol. The molecule has 0 saturated heterocycles. The number of nitrogens with zero attached hydrogens (tertiary/aromatic N) is 1. The molecule has 2 nitrogen and oxygen atoms in total. The van der Waals surface area contributed by atoms with Crippen LogP contribution < -0.4 is 5.32 Å². The molecule has 2 aromatic rings. The summed E-state index contributed by atoms with van der Waals surface area (Å²) >= 11 is 6.16. The Kier molecular flexibility index (Phi) is 3.73. The molecular weight excluding hydrogens is 263 g/mol. The molecule has 0 bridgehead atoms. The molecule has 0 saturated carbocycles. The third-order valence-electron chi connectivity index (χ3n) is 2.79. The summed E-state index contributed by atoms with van der Waals surface area (Å²) in [6, 6.07) is 9.97. The van der Waals surface area contributed by atoms with Crippen molar-refractivity contribution in [3.63, 3.8) is 0 Å². The molecule has 0 aliphatic carbocycles. The minimum absolute atomic E-state index is 0.287.